The smallest absolute Gasteiger partial charge is 0.300 e. The van der Waals surface area contributed by atoms with Crippen LogP contribution in [0.2, 0.25) is 0 Å². The molecule has 0 unspecified atom stereocenters. The summed E-state index contributed by atoms with van der Waals surface area (Å²) in [7, 11) is 4.12. The third kappa shape index (κ3) is 32.3. The lowest BCUT2D eigenvalue weighted by Gasteiger charge is -2.05. The predicted molar refractivity (Wildman–Crippen MR) is 61.8 cm³/mol. The van der Waals surface area contributed by atoms with Gasteiger partial charge in [-0.2, -0.15) is 0 Å². The van der Waals surface area contributed by atoms with Crippen LogP contribution in [0.25, 0.3) is 0 Å². The Morgan fingerprint density at radius 3 is 2.33 bits per heavy atom. The Kier molecular flexibility index (Phi) is 13.9. The van der Waals surface area contributed by atoms with Crippen molar-refractivity contribution in [1.82, 2.24) is 4.90 Å². The maximum absolute atomic E-state index is 9.00. The summed E-state index contributed by atoms with van der Waals surface area (Å²) in [6.45, 7) is 5.75. The highest BCUT2D eigenvalue weighted by Gasteiger charge is 1.86. The van der Waals surface area contributed by atoms with Crippen molar-refractivity contribution in [2.24, 2.45) is 9.98 Å². The van der Waals surface area contributed by atoms with Crippen LogP contribution in [0.15, 0.2) is 9.98 Å². The van der Waals surface area contributed by atoms with E-state index in [1.807, 2.05) is 6.92 Å². The van der Waals surface area contributed by atoms with Crippen LogP contribution in [0.5, 0.6) is 0 Å². The number of hydrogen-bond acceptors (Lipinski definition) is 4. The van der Waals surface area contributed by atoms with Crippen molar-refractivity contribution >= 4 is 12.0 Å². The molecule has 0 saturated carbocycles. The van der Waals surface area contributed by atoms with E-state index in [9.17, 15) is 0 Å². The Bertz CT molecular complexity index is 205. The topological polar surface area (TPSA) is 65.3 Å². The number of nitrogens with zero attached hydrogens (tertiary/aromatic N) is 3. The van der Waals surface area contributed by atoms with Gasteiger partial charge in [-0.1, -0.05) is 0 Å². The molecule has 0 saturated heterocycles. The average Bonchev–Trinajstić information content (AvgIpc) is 2.09. The van der Waals surface area contributed by atoms with Crippen LogP contribution in [0, 0.1) is 0 Å². The van der Waals surface area contributed by atoms with E-state index in [0.717, 1.165) is 33.0 Å². The molecule has 0 aliphatic carbocycles. The number of rotatable bonds is 5. The van der Waals surface area contributed by atoms with Gasteiger partial charge in [0.25, 0.3) is 5.97 Å². The normalized spacial score (nSPS) is 8.60. The van der Waals surface area contributed by atoms with E-state index in [4.69, 9.17) is 9.90 Å². The number of hydrogen-bond donors (Lipinski definition) is 1. The van der Waals surface area contributed by atoms with Crippen LogP contribution in [-0.4, -0.2) is 55.7 Å². The third-order valence-electron chi connectivity index (χ3n) is 1.17. The average molecular weight is 215 g/mol. The summed E-state index contributed by atoms with van der Waals surface area (Å²) < 4.78 is 0. The second-order valence-corrected chi connectivity index (χ2v) is 3.13. The second kappa shape index (κ2) is 12.8. The fourth-order valence-electron chi connectivity index (χ4n) is 0.637. The van der Waals surface area contributed by atoms with E-state index in [0.29, 0.717) is 0 Å². The van der Waals surface area contributed by atoms with E-state index in [-0.39, 0.29) is 0 Å². The molecule has 0 aromatic rings. The minimum Gasteiger partial charge on any atom is -0.481 e. The number of aliphatic imine (C=N–C) groups is 2. The summed E-state index contributed by atoms with van der Waals surface area (Å²) in [5.41, 5.74) is 0. The number of aliphatic carboxylic acids is 1. The largest absolute Gasteiger partial charge is 0.481 e. The second-order valence-electron chi connectivity index (χ2n) is 3.13. The van der Waals surface area contributed by atoms with Gasteiger partial charge in [-0.25, -0.2) is 9.98 Å². The molecule has 0 rings (SSSR count). The molecule has 0 aliphatic rings. The molecule has 0 aromatic heterocycles. The van der Waals surface area contributed by atoms with Crippen molar-refractivity contribution in [3.05, 3.63) is 0 Å². The zero-order chi connectivity index (χ0) is 12.1. The van der Waals surface area contributed by atoms with Crippen molar-refractivity contribution < 1.29 is 9.90 Å². The molecule has 0 heterocycles. The van der Waals surface area contributed by atoms with Gasteiger partial charge in [0.15, 0.2) is 0 Å². The molecule has 88 valence electrons. The molecular formula is C10H21N3O2. The minimum absolute atomic E-state index is 0.775. The summed E-state index contributed by atoms with van der Waals surface area (Å²) in [5.74, 6) is -0.833. The molecule has 0 spiro atoms. The molecule has 0 radical (unpaired) electrons. The summed E-state index contributed by atoms with van der Waals surface area (Å²) in [6.07, 6.45) is 1.08. The quantitative estimate of drug-likeness (QED) is 0.554. The Hall–Kier alpha value is -1.19. The zero-order valence-corrected chi connectivity index (χ0v) is 10.0. The first-order chi connectivity index (χ1) is 7.00. The highest BCUT2D eigenvalue weighted by molar-refractivity contribution is 5.62. The molecule has 0 amide bonds. The molecule has 5 heteroatoms. The Balaban J connectivity index is 0. The first-order valence-corrected chi connectivity index (χ1v) is 4.93. The first-order valence-electron chi connectivity index (χ1n) is 4.93. The van der Waals surface area contributed by atoms with Gasteiger partial charge in [0.1, 0.15) is 0 Å². The maximum Gasteiger partial charge on any atom is 0.300 e. The monoisotopic (exact) mass is 215 g/mol. The fraction of sp³-hybridized carbons (Fsp3) is 0.800. The van der Waals surface area contributed by atoms with Crippen LogP contribution in [0.3, 0.4) is 0 Å². The van der Waals surface area contributed by atoms with E-state index < -0.39 is 5.97 Å². The van der Waals surface area contributed by atoms with Gasteiger partial charge in [-0.15, -0.1) is 0 Å². The minimum atomic E-state index is -0.833. The van der Waals surface area contributed by atoms with Crippen molar-refractivity contribution in [3.63, 3.8) is 0 Å². The van der Waals surface area contributed by atoms with Crippen LogP contribution in [0.4, 0.5) is 0 Å². The lowest BCUT2D eigenvalue weighted by molar-refractivity contribution is -0.134. The molecule has 0 atom stereocenters. The van der Waals surface area contributed by atoms with Gasteiger partial charge in [0.2, 0.25) is 0 Å². The lowest BCUT2D eigenvalue weighted by atomic mass is 10.4. The van der Waals surface area contributed by atoms with Gasteiger partial charge in [0.05, 0.1) is 12.6 Å². The zero-order valence-electron chi connectivity index (χ0n) is 10.0. The molecule has 1 N–H and O–H groups in total. The van der Waals surface area contributed by atoms with Gasteiger partial charge in [-0.3, -0.25) is 4.79 Å². The first kappa shape index (κ1) is 16.2. The highest BCUT2D eigenvalue weighted by atomic mass is 16.4. The summed E-state index contributed by atoms with van der Waals surface area (Å²) >= 11 is 0. The van der Waals surface area contributed by atoms with Gasteiger partial charge in [0, 0.05) is 13.5 Å². The summed E-state index contributed by atoms with van der Waals surface area (Å²) in [6, 6.07) is 2.64. The van der Waals surface area contributed by atoms with E-state index in [1.54, 1.807) is 0 Å². The van der Waals surface area contributed by atoms with E-state index in [1.165, 1.54) is 0 Å². The molecule has 15 heavy (non-hydrogen) atoms. The van der Waals surface area contributed by atoms with Crippen molar-refractivity contribution in [2.45, 2.75) is 20.3 Å². The van der Waals surface area contributed by atoms with Crippen molar-refractivity contribution in [2.75, 3.05) is 33.7 Å². The summed E-state index contributed by atoms with van der Waals surface area (Å²) in [4.78, 5) is 19.0. The maximum atomic E-state index is 9.00. The van der Waals surface area contributed by atoms with Crippen molar-refractivity contribution in [3.8, 4) is 0 Å². The molecule has 0 bridgehead atoms. The lowest BCUT2D eigenvalue weighted by Crippen LogP contribution is -2.13. The summed E-state index contributed by atoms with van der Waals surface area (Å²) in [5, 5.41) is 7.42. The van der Waals surface area contributed by atoms with Crippen LogP contribution in [-0.2, 0) is 4.79 Å². The van der Waals surface area contributed by atoms with Gasteiger partial charge >= 0.3 is 0 Å². The Labute approximate surface area is 91.5 Å². The molecule has 0 fully saturated rings. The number of carboxylic acid groups (broad SMARTS) is 1. The van der Waals surface area contributed by atoms with Crippen LogP contribution in [0.1, 0.15) is 20.3 Å². The fourth-order valence-corrected chi connectivity index (χ4v) is 0.637. The molecule has 5 nitrogen and oxygen atoms in total. The van der Waals surface area contributed by atoms with E-state index in [2.05, 4.69) is 35.0 Å². The van der Waals surface area contributed by atoms with Crippen LogP contribution >= 0.6 is 0 Å². The standard InChI is InChI=1S/C8H17N3.C2H4O2/c1-4-9-8-10-6-5-7-11(2)3;1-2(3)4/h4-7H2,1-3H3;1H3,(H,3,4). The Morgan fingerprint density at radius 2 is 1.93 bits per heavy atom. The Morgan fingerprint density at radius 1 is 1.40 bits per heavy atom. The van der Waals surface area contributed by atoms with Crippen LogP contribution < -0.4 is 0 Å². The number of carbonyl (C=O) groups is 1. The molecule has 0 aromatic carbocycles. The molecule has 0 aliphatic heterocycles. The SMILES string of the molecule is CC(=O)O.CCN=C=NCCCN(C)C. The third-order valence-corrected chi connectivity index (χ3v) is 1.17. The number of carboxylic acids is 1. The molecular weight excluding hydrogens is 194 g/mol. The van der Waals surface area contributed by atoms with Gasteiger partial charge < -0.3 is 10.0 Å². The van der Waals surface area contributed by atoms with Gasteiger partial charge in [-0.05, 0) is 34.0 Å². The van der Waals surface area contributed by atoms with E-state index >= 15 is 0 Å². The predicted octanol–water partition coefficient (Wildman–Crippen LogP) is 1.22. The van der Waals surface area contributed by atoms with Crippen molar-refractivity contribution in [1.29, 1.82) is 0 Å². The highest BCUT2D eigenvalue weighted by Crippen LogP contribution is 1.82.